The molecule has 0 radical (unpaired) electrons. The van der Waals surface area contributed by atoms with E-state index in [1.54, 1.807) is 0 Å². The van der Waals surface area contributed by atoms with E-state index in [4.69, 9.17) is 19.9 Å². The van der Waals surface area contributed by atoms with Crippen LogP contribution >= 0.6 is 0 Å². The van der Waals surface area contributed by atoms with E-state index in [9.17, 15) is 0 Å². The van der Waals surface area contributed by atoms with Crippen LogP contribution in [-0.4, -0.2) is 46.1 Å². The number of benzene rings is 1. The number of nitrogens with one attached hydrogen (secondary N) is 1. The Morgan fingerprint density at radius 3 is 2.26 bits per heavy atom. The molecule has 108 valence electrons. The summed E-state index contributed by atoms with van der Waals surface area (Å²) >= 11 is 0. The Labute approximate surface area is 115 Å². The van der Waals surface area contributed by atoms with E-state index < -0.39 is 0 Å². The summed E-state index contributed by atoms with van der Waals surface area (Å²) in [5.74, 6) is 1.69. The Kier molecular flexibility index (Phi) is 8.80. The molecule has 0 atom stereocenters. The maximum atomic E-state index is 5.55. The van der Waals surface area contributed by atoms with Crippen LogP contribution in [0.5, 0.6) is 11.5 Å². The van der Waals surface area contributed by atoms with E-state index in [1.807, 2.05) is 31.2 Å². The highest BCUT2D eigenvalue weighted by Gasteiger charge is 1.96. The lowest BCUT2D eigenvalue weighted by Gasteiger charge is -2.08. The van der Waals surface area contributed by atoms with Gasteiger partial charge in [0.15, 0.2) is 0 Å². The van der Waals surface area contributed by atoms with Gasteiger partial charge >= 0.3 is 0 Å². The Hall–Kier alpha value is -1.30. The van der Waals surface area contributed by atoms with Gasteiger partial charge in [0.25, 0.3) is 0 Å². The minimum atomic E-state index is 0.546. The van der Waals surface area contributed by atoms with E-state index in [0.29, 0.717) is 33.0 Å². The van der Waals surface area contributed by atoms with Crippen LogP contribution in [0.3, 0.4) is 0 Å². The summed E-state index contributed by atoms with van der Waals surface area (Å²) in [7, 11) is 0. The van der Waals surface area contributed by atoms with Crippen molar-refractivity contribution in [1.29, 1.82) is 0 Å². The monoisotopic (exact) mass is 268 g/mol. The highest BCUT2D eigenvalue weighted by atomic mass is 16.5. The number of hydrogen-bond donors (Lipinski definition) is 2. The van der Waals surface area contributed by atoms with Gasteiger partial charge in [-0.25, -0.2) is 0 Å². The first-order chi connectivity index (χ1) is 9.36. The molecule has 0 heterocycles. The van der Waals surface area contributed by atoms with Crippen LogP contribution in [0.25, 0.3) is 0 Å². The lowest BCUT2D eigenvalue weighted by molar-refractivity contribution is 0.102. The number of ether oxygens (including phenoxy) is 3. The molecular weight excluding hydrogens is 244 g/mol. The molecule has 5 heteroatoms. The van der Waals surface area contributed by atoms with Crippen molar-refractivity contribution in [3.8, 4) is 11.5 Å². The molecule has 1 aromatic carbocycles. The van der Waals surface area contributed by atoms with Crippen molar-refractivity contribution in [2.75, 3.05) is 46.1 Å². The molecule has 0 aliphatic rings. The van der Waals surface area contributed by atoms with Crippen molar-refractivity contribution < 1.29 is 14.2 Å². The minimum absolute atomic E-state index is 0.546. The minimum Gasteiger partial charge on any atom is -0.494 e. The first-order valence-electron chi connectivity index (χ1n) is 6.71. The molecule has 1 rings (SSSR count). The fraction of sp³-hybridized carbons (Fsp3) is 0.571. The molecule has 1 aromatic rings. The Bertz CT molecular complexity index is 317. The third-order valence-electron chi connectivity index (χ3n) is 2.38. The molecule has 19 heavy (non-hydrogen) atoms. The smallest absolute Gasteiger partial charge is 0.119 e. The molecular formula is C14H24N2O3. The summed E-state index contributed by atoms with van der Waals surface area (Å²) in [6, 6.07) is 7.59. The summed E-state index contributed by atoms with van der Waals surface area (Å²) in [4.78, 5) is 0. The Morgan fingerprint density at radius 1 is 0.947 bits per heavy atom. The quantitative estimate of drug-likeness (QED) is 0.587. The van der Waals surface area contributed by atoms with E-state index in [2.05, 4.69) is 5.32 Å². The van der Waals surface area contributed by atoms with E-state index in [1.165, 1.54) is 0 Å². The molecule has 3 N–H and O–H groups in total. The molecule has 5 nitrogen and oxygen atoms in total. The average molecular weight is 268 g/mol. The van der Waals surface area contributed by atoms with Gasteiger partial charge in [0.05, 0.1) is 19.8 Å². The van der Waals surface area contributed by atoms with Crippen molar-refractivity contribution in [2.24, 2.45) is 5.73 Å². The van der Waals surface area contributed by atoms with Gasteiger partial charge in [-0.05, 0) is 31.2 Å². The first-order valence-corrected chi connectivity index (χ1v) is 6.71. The van der Waals surface area contributed by atoms with Crippen LogP contribution < -0.4 is 20.5 Å². The molecule has 0 saturated carbocycles. The summed E-state index contributed by atoms with van der Waals surface area (Å²) < 4.78 is 16.3. The van der Waals surface area contributed by atoms with Crippen LogP contribution in [0.2, 0.25) is 0 Å². The first kappa shape index (κ1) is 15.8. The highest BCUT2D eigenvalue weighted by Crippen LogP contribution is 2.17. The molecule has 0 fully saturated rings. The van der Waals surface area contributed by atoms with Crippen LogP contribution in [-0.2, 0) is 4.74 Å². The maximum Gasteiger partial charge on any atom is 0.119 e. The zero-order chi connectivity index (χ0) is 13.8. The number of rotatable bonds is 11. The third kappa shape index (κ3) is 7.66. The highest BCUT2D eigenvalue weighted by molar-refractivity contribution is 5.31. The van der Waals surface area contributed by atoms with Crippen molar-refractivity contribution in [3.63, 3.8) is 0 Å². The molecule has 0 unspecified atom stereocenters. The Morgan fingerprint density at radius 2 is 1.63 bits per heavy atom. The van der Waals surface area contributed by atoms with Crippen molar-refractivity contribution in [3.05, 3.63) is 24.3 Å². The largest absolute Gasteiger partial charge is 0.494 e. The number of nitrogens with two attached hydrogens (primary N) is 1. The van der Waals surface area contributed by atoms with Gasteiger partial charge in [0.2, 0.25) is 0 Å². The van der Waals surface area contributed by atoms with Crippen LogP contribution in [0.15, 0.2) is 24.3 Å². The summed E-state index contributed by atoms with van der Waals surface area (Å²) in [6.07, 6.45) is 0. The van der Waals surface area contributed by atoms with Crippen molar-refractivity contribution >= 4 is 0 Å². The topological polar surface area (TPSA) is 65.7 Å². The molecule has 0 spiro atoms. The van der Waals surface area contributed by atoms with Gasteiger partial charge in [0.1, 0.15) is 18.1 Å². The SMILES string of the molecule is CCOc1ccc(OCCOCCNCCN)cc1. The second-order valence-electron chi connectivity index (χ2n) is 3.90. The van der Waals surface area contributed by atoms with Gasteiger partial charge < -0.3 is 25.3 Å². The fourth-order valence-electron chi connectivity index (χ4n) is 1.49. The van der Waals surface area contributed by atoms with Crippen LogP contribution in [0, 0.1) is 0 Å². The second kappa shape index (κ2) is 10.6. The van der Waals surface area contributed by atoms with Crippen LogP contribution in [0.1, 0.15) is 6.92 Å². The normalized spacial score (nSPS) is 10.4. The zero-order valence-electron chi connectivity index (χ0n) is 11.6. The molecule has 0 amide bonds. The predicted octanol–water partition coefficient (Wildman–Crippen LogP) is 1.03. The van der Waals surface area contributed by atoms with E-state index in [0.717, 1.165) is 24.6 Å². The summed E-state index contributed by atoms with van der Waals surface area (Å²) in [5.41, 5.74) is 5.35. The van der Waals surface area contributed by atoms with Crippen molar-refractivity contribution in [1.82, 2.24) is 5.32 Å². The summed E-state index contributed by atoms with van der Waals surface area (Å²) in [6.45, 7) is 6.73. The van der Waals surface area contributed by atoms with Gasteiger partial charge in [-0.15, -0.1) is 0 Å². The Balaban J connectivity index is 2.02. The molecule has 0 aromatic heterocycles. The standard InChI is InChI=1S/C14H24N2O3/c1-2-18-13-3-5-14(6-4-13)19-12-11-17-10-9-16-8-7-15/h3-6,16H,2,7-12,15H2,1H3. The zero-order valence-corrected chi connectivity index (χ0v) is 11.6. The third-order valence-corrected chi connectivity index (χ3v) is 2.38. The van der Waals surface area contributed by atoms with E-state index >= 15 is 0 Å². The second-order valence-corrected chi connectivity index (χ2v) is 3.90. The van der Waals surface area contributed by atoms with Gasteiger partial charge in [0, 0.05) is 19.6 Å². The lowest BCUT2D eigenvalue weighted by Crippen LogP contribution is -2.26. The molecule has 0 aliphatic heterocycles. The predicted molar refractivity (Wildman–Crippen MR) is 75.8 cm³/mol. The van der Waals surface area contributed by atoms with E-state index in [-0.39, 0.29) is 0 Å². The lowest BCUT2D eigenvalue weighted by atomic mass is 10.3. The number of hydrogen-bond acceptors (Lipinski definition) is 5. The van der Waals surface area contributed by atoms with Gasteiger partial charge in [-0.3, -0.25) is 0 Å². The maximum absolute atomic E-state index is 5.55. The average Bonchev–Trinajstić information content (AvgIpc) is 2.44. The summed E-state index contributed by atoms with van der Waals surface area (Å²) in [5, 5.41) is 3.16. The fourth-order valence-corrected chi connectivity index (χ4v) is 1.49. The van der Waals surface area contributed by atoms with Gasteiger partial charge in [-0.2, -0.15) is 0 Å². The van der Waals surface area contributed by atoms with Crippen LogP contribution in [0.4, 0.5) is 0 Å². The molecule has 0 saturated heterocycles. The molecule has 0 aliphatic carbocycles. The molecule has 0 bridgehead atoms. The van der Waals surface area contributed by atoms with Crippen molar-refractivity contribution in [2.45, 2.75) is 6.92 Å². The van der Waals surface area contributed by atoms with Gasteiger partial charge in [-0.1, -0.05) is 0 Å².